The quantitative estimate of drug-likeness (QED) is 0.727. The molecule has 1 N–H and O–H groups in total. The first-order valence-corrected chi connectivity index (χ1v) is 6.24. The molecular weight excluding hydrogens is 212 g/mol. The number of anilines is 1. The van der Waals surface area contributed by atoms with E-state index in [0.29, 0.717) is 6.04 Å². The molecule has 0 unspecified atom stereocenters. The van der Waals surface area contributed by atoms with Crippen LogP contribution in [0.1, 0.15) is 25.5 Å². The minimum atomic E-state index is 0.641. The van der Waals surface area contributed by atoms with Crippen LogP contribution in [0.2, 0.25) is 0 Å². The zero-order valence-corrected chi connectivity index (χ0v) is 10.4. The van der Waals surface area contributed by atoms with Crippen molar-refractivity contribution in [2.45, 2.75) is 32.4 Å². The van der Waals surface area contributed by atoms with E-state index < -0.39 is 0 Å². The van der Waals surface area contributed by atoms with Gasteiger partial charge < -0.3 is 10.2 Å². The first-order chi connectivity index (χ1) is 8.35. The lowest BCUT2D eigenvalue weighted by Gasteiger charge is -2.21. The van der Waals surface area contributed by atoms with E-state index in [2.05, 4.69) is 33.7 Å². The summed E-state index contributed by atoms with van der Waals surface area (Å²) >= 11 is 0. The molecule has 0 aliphatic heterocycles. The van der Waals surface area contributed by atoms with Crippen LogP contribution < -0.4 is 10.2 Å². The minimum absolute atomic E-state index is 0.641. The van der Waals surface area contributed by atoms with Crippen molar-refractivity contribution >= 4 is 5.82 Å². The molecular formula is C13H20N4. The van der Waals surface area contributed by atoms with Gasteiger partial charge in [0, 0.05) is 19.1 Å². The van der Waals surface area contributed by atoms with Crippen LogP contribution in [0.4, 0.5) is 5.82 Å². The maximum absolute atomic E-state index is 4.49. The lowest BCUT2D eigenvalue weighted by Crippen LogP contribution is -2.26. The Hall–Kier alpha value is -1.42. The van der Waals surface area contributed by atoms with Crippen LogP contribution in [0.25, 0.3) is 0 Å². The third-order valence-corrected chi connectivity index (χ3v) is 2.86. The molecule has 0 bridgehead atoms. The summed E-state index contributed by atoms with van der Waals surface area (Å²) in [6, 6.07) is 0.641. The molecule has 0 spiro atoms. The van der Waals surface area contributed by atoms with Crippen molar-refractivity contribution in [2.24, 2.45) is 0 Å². The Bertz CT molecular complexity index is 356. The summed E-state index contributed by atoms with van der Waals surface area (Å²) in [7, 11) is 0. The molecule has 0 atom stereocenters. The molecule has 0 saturated heterocycles. The maximum Gasteiger partial charge on any atom is 0.147 e. The Kier molecular flexibility index (Phi) is 4.09. The summed E-state index contributed by atoms with van der Waals surface area (Å²) in [6.45, 7) is 8.47. The van der Waals surface area contributed by atoms with Crippen molar-refractivity contribution in [3.05, 3.63) is 30.7 Å². The monoisotopic (exact) mass is 232 g/mol. The number of hydrogen-bond donors (Lipinski definition) is 1. The maximum atomic E-state index is 4.49. The van der Waals surface area contributed by atoms with Crippen molar-refractivity contribution < 1.29 is 0 Å². The molecule has 1 aromatic rings. The minimum Gasteiger partial charge on any atom is -0.349 e. The van der Waals surface area contributed by atoms with E-state index in [9.17, 15) is 0 Å². The molecule has 4 heteroatoms. The van der Waals surface area contributed by atoms with Gasteiger partial charge in [-0.05, 0) is 19.4 Å². The van der Waals surface area contributed by atoms with Crippen molar-refractivity contribution in [2.75, 3.05) is 18.0 Å². The van der Waals surface area contributed by atoms with Crippen molar-refractivity contribution in [1.82, 2.24) is 15.3 Å². The van der Waals surface area contributed by atoms with Crippen LogP contribution in [-0.4, -0.2) is 29.1 Å². The summed E-state index contributed by atoms with van der Waals surface area (Å²) in [5.41, 5.74) is 0.991. The SMILES string of the molecule is C=CCN(c1cnc(CNCC)cn1)C1CC1. The van der Waals surface area contributed by atoms with Gasteiger partial charge in [-0.1, -0.05) is 13.0 Å². The van der Waals surface area contributed by atoms with Crippen LogP contribution >= 0.6 is 0 Å². The van der Waals surface area contributed by atoms with E-state index in [0.717, 1.165) is 31.1 Å². The fourth-order valence-electron chi connectivity index (χ4n) is 1.80. The van der Waals surface area contributed by atoms with Crippen LogP contribution in [-0.2, 0) is 6.54 Å². The largest absolute Gasteiger partial charge is 0.349 e. The Labute approximate surface area is 103 Å². The molecule has 4 nitrogen and oxygen atoms in total. The molecule has 2 rings (SSSR count). The smallest absolute Gasteiger partial charge is 0.147 e. The number of rotatable bonds is 7. The normalized spacial score (nSPS) is 14.6. The molecule has 1 saturated carbocycles. The molecule has 92 valence electrons. The highest BCUT2D eigenvalue weighted by Crippen LogP contribution is 2.29. The summed E-state index contributed by atoms with van der Waals surface area (Å²) in [5.74, 6) is 0.965. The zero-order chi connectivity index (χ0) is 12.1. The molecule has 1 heterocycles. The van der Waals surface area contributed by atoms with Gasteiger partial charge in [0.1, 0.15) is 5.82 Å². The first-order valence-electron chi connectivity index (χ1n) is 6.24. The van der Waals surface area contributed by atoms with Crippen molar-refractivity contribution in [3.63, 3.8) is 0 Å². The van der Waals surface area contributed by atoms with Crippen LogP contribution in [0.15, 0.2) is 25.0 Å². The topological polar surface area (TPSA) is 41.1 Å². The van der Waals surface area contributed by atoms with Crippen LogP contribution in [0.5, 0.6) is 0 Å². The molecule has 1 aromatic heterocycles. The predicted octanol–water partition coefficient (Wildman–Crippen LogP) is 1.74. The lowest BCUT2D eigenvalue weighted by atomic mass is 10.4. The number of aromatic nitrogens is 2. The number of nitrogens with one attached hydrogen (secondary N) is 1. The van der Waals surface area contributed by atoms with E-state index in [-0.39, 0.29) is 0 Å². The molecule has 1 aliphatic carbocycles. The highest BCUT2D eigenvalue weighted by Gasteiger charge is 2.29. The highest BCUT2D eigenvalue weighted by molar-refractivity contribution is 5.40. The predicted molar refractivity (Wildman–Crippen MR) is 70.0 cm³/mol. The molecule has 0 aromatic carbocycles. The lowest BCUT2D eigenvalue weighted by molar-refractivity contribution is 0.705. The first kappa shape index (κ1) is 12.0. The zero-order valence-electron chi connectivity index (χ0n) is 10.4. The van der Waals surface area contributed by atoms with Crippen LogP contribution in [0, 0.1) is 0 Å². The average Bonchev–Trinajstić information content (AvgIpc) is 3.18. The van der Waals surface area contributed by atoms with Gasteiger partial charge in [-0.25, -0.2) is 4.98 Å². The molecule has 0 radical (unpaired) electrons. The Morgan fingerprint density at radius 3 is 2.82 bits per heavy atom. The van der Waals surface area contributed by atoms with E-state index >= 15 is 0 Å². The second-order valence-corrected chi connectivity index (χ2v) is 4.32. The fourth-order valence-corrected chi connectivity index (χ4v) is 1.80. The van der Waals surface area contributed by atoms with Gasteiger partial charge in [0.15, 0.2) is 0 Å². The third kappa shape index (κ3) is 3.27. The summed E-state index contributed by atoms with van der Waals surface area (Å²) in [4.78, 5) is 11.2. The summed E-state index contributed by atoms with van der Waals surface area (Å²) < 4.78 is 0. The second kappa shape index (κ2) is 5.77. The molecule has 0 amide bonds. The molecule has 1 aliphatic rings. The van der Waals surface area contributed by atoms with Gasteiger partial charge in [0.2, 0.25) is 0 Å². The third-order valence-electron chi connectivity index (χ3n) is 2.86. The van der Waals surface area contributed by atoms with Crippen molar-refractivity contribution in [3.8, 4) is 0 Å². The van der Waals surface area contributed by atoms with Gasteiger partial charge >= 0.3 is 0 Å². The van der Waals surface area contributed by atoms with E-state index in [1.54, 1.807) is 0 Å². The Balaban J connectivity index is 2.01. The standard InChI is InChI=1S/C13H20N4/c1-3-7-17(12-5-6-12)13-10-15-11(9-16-13)8-14-4-2/h3,9-10,12,14H,1,4-8H2,2H3. The molecule has 1 fully saturated rings. The van der Waals surface area contributed by atoms with E-state index in [1.807, 2.05) is 18.5 Å². The van der Waals surface area contributed by atoms with E-state index in [1.165, 1.54) is 12.8 Å². The van der Waals surface area contributed by atoms with Gasteiger partial charge in [-0.2, -0.15) is 0 Å². The molecule has 17 heavy (non-hydrogen) atoms. The summed E-state index contributed by atoms with van der Waals surface area (Å²) in [5, 5.41) is 3.24. The average molecular weight is 232 g/mol. The van der Waals surface area contributed by atoms with Crippen molar-refractivity contribution in [1.29, 1.82) is 0 Å². The number of nitrogens with zero attached hydrogens (tertiary/aromatic N) is 3. The Morgan fingerprint density at radius 2 is 2.29 bits per heavy atom. The van der Waals surface area contributed by atoms with Gasteiger partial charge in [-0.3, -0.25) is 4.98 Å². The highest BCUT2D eigenvalue weighted by atomic mass is 15.2. The number of hydrogen-bond acceptors (Lipinski definition) is 4. The summed E-state index contributed by atoms with van der Waals surface area (Å²) in [6.07, 6.45) is 8.17. The van der Waals surface area contributed by atoms with Crippen LogP contribution in [0.3, 0.4) is 0 Å². The van der Waals surface area contributed by atoms with Gasteiger partial charge in [-0.15, -0.1) is 6.58 Å². The fraction of sp³-hybridized carbons (Fsp3) is 0.538. The Morgan fingerprint density at radius 1 is 1.47 bits per heavy atom. The van der Waals surface area contributed by atoms with E-state index in [4.69, 9.17) is 0 Å². The van der Waals surface area contributed by atoms with Gasteiger partial charge in [0.25, 0.3) is 0 Å². The van der Waals surface area contributed by atoms with Gasteiger partial charge in [0.05, 0.1) is 18.1 Å². The second-order valence-electron chi connectivity index (χ2n) is 4.32.